The van der Waals surface area contributed by atoms with E-state index in [4.69, 9.17) is 27.6 Å². The number of rotatable bonds is 106. The van der Waals surface area contributed by atoms with Crippen molar-refractivity contribution in [2.75, 3.05) is 24.7 Å². The van der Waals surface area contributed by atoms with Crippen molar-refractivity contribution in [3.05, 3.63) is 119 Å². The summed E-state index contributed by atoms with van der Waals surface area (Å²) in [7, 11) is -2.55. The van der Waals surface area contributed by atoms with Crippen LogP contribution >= 0.6 is 37.9 Å². The molecule has 0 aliphatic carbocycles. The molecule has 0 spiro atoms. The van der Waals surface area contributed by atoms with Crippen molar-refractivity contribution in [3.63, 3.8) is 0 Å². The highest BCUT2D eigenvalue weighted by molar-refractivity contribution is 8.53. The molecule has 0 N–H and O–H groups in total. The fraction of sp³-hybridized carbons (Fsp3) is 0.792. The summed E-state index contributed by atoms with van der Waals surface area (Å²) >= 11 is 3.70. The lowest BCUT2D eigenvalue weighted by Gasteiger charge is -2.27. The van der Waals surface area contributed by atoms with E-state index in [0.29, 0.717) is 26.1 Å². The molecule has 0 heterocycles. The number of hydrogen-bond acceptors (Lipinski definition) is 10. The van der Waals surface area contributed by atoms with E-state index in [2.05, 4.69) is 139 Å². The van der Waals surface area contributed by atoms with Crippen molar-refractivity contribution in [3.8, 4) is 23.0 Å². The number of hydrogen-bond donors (Lipinski definition) is 0. The lowest BCUT2D eigenvalue weighted by atomic mass is 9.78. The average Bonchev–Trinajstić information content (AvgIpc) is 0.799. The van der Waals surface area contributed by atoms with Crippen LogP contribution in [0.1, 0.15) is 616 Å². The fourth-order valence-corrected chi connectivity index (χ4v) is 25.1. The Labute approximate surface area is 860 Å². The molecular weight excluding hydrogens is 1760 g/mol. The van der Waals surface area contributed by atoms with Gasteiger partial charge >= 0.3 is 27.1 Å². The van der Waals surface area contributed by atoms with Crippen LogP contribution < -0.4 is 18.1 Å². The van der Waals surface area contributed by atoms with Gasteiger partial charge in [-0.3, -0.25) is 9.59 Å². The van der Waals surface area contributed by atoms with Crippen LogP contribution in [0.3, 0.4) is 0 Å². The Kier molecular flexibility index (Phi) is 88.3. The van der Waals surface area contributed by atoms with Crippen LogP contribution in [-0.2, 0) is 37.3 Å². The van der Waals surface area contributed by atoms with Crippen molar-refractivity contribution in [1.82, 2.24) is 0 Å². The largest absolute Gasteiger partial charge is 0.466 e. The van der Waals surface area contributed by atoms with E-state index in [1.54, 1.807) is 0 Å². The lowest BCUT2D eigenvalue weighted by Crippen LogP contribution is -2.18. The standard InChI is InChI=1S/C125H218O8P2S2/c1-7-11-15-19-23-27-31-35-43-51-59-67-75-83-91-115-95-103-119(104-96-115)130-134(136-113-89-81-73-65-57-49-41-39-45-53-61-69-77-85-93-123(126)128-111-87-79-71-63-55-47-37-33-29-25-21-17-13-9-3)132-121-107-99-117(100-108-121)125(5,6)118-101-109-122(110-102-118)133-135(131-120-105-97-116(98-106-120)92-84-76-68-60-52-44-36-32-28-24-20-16-12-8-2)137-114-90-82-74-66-58-50-42-40-46-54-62-70-78-86-94-124(127)129-112-88-80-72-64-56-48-38-34-30-26-22-18-14-10-4/h95-110H,7-94,111-114H2,1-6H3. The molecule has 0 aliphatic rings. The summed E-state index contributed by atoms with van der Waals surface area (Å²) in [6, 6.07) is 35.5. The summed E-state index contributed by atoms with van der Waals surface area (Å²) in [6.07, 6.45) is 115. The smallest absolute Gasteiger partial charge is 0.360 e. The van der Waals surface area contributed by atoms with Crippen LogP contribution in [-0.4, -0.2) is 36.7 Å². The van der Waals surface area contributed by atoms with E-state index in [0.717, 1.165) is 85.9 Å². The Balaban J connectivity index is 1.19. The van der Waals surface area contributed by atoms with Crippen molar-refractivity contribution in [2.45, 2.75) is 612 Å². The first-order valence-electron chi connectivity index (χ1n) is 59.9. The number of carbonyl (C=O) groups excluding carboxylic acids is 2. The predicted octanol–water partition coefficient (Wildman–Crippen LogP) is 44.6. The van der Waals surface area contributed by atoms with Gasteiger partial charge < -0.3 is 27.6 Å². The third-order valence-corrected chi connectivity index (χ3v) is 34.9. The maximum absolute atomic E-state index is 12.3. The number of ether oxygens (including phenoxy) is 2. The molecule has 0 aliphatic heterocycles. The van der Waals surface area contributed by atoms with Crippen LogP contribution in [0.5, 0.6) is 23.0 Å². The van der Waals surface area contributed by atoms with E-state index in [1.807, 2.05) is 22.8 Å². The van der Waals surface area contributed by atoms with Gasteiger partial charge in [0, 0.05) is 29.8 Å². The molecule has 4 rings (SSSR count). The van der Waals surface area contributed by atoms with Crippen molar-refractivity contribution in [1.29, 1.82) is 0 Å². The molecule has 0 saturated carbocycles. The Morgan fingerprint density at radius 3 is 0.584 bits per heavy atom. The monoisotopic (exact) mass is 1970 g/mol. The van der Waals surface area contributed by atoms with E-state index < -0.39 is 15.2 Å². The third-order valence-electron chi connectivity index (χ3n) is 28.8. The SMILES string of the molecule is CCCCCCCCCCCCCCCCOC(=O)CCCCCCCCCCCCCCCCSP(Oc1ccc(CCCCCCCCCCCCCCCC)cc1)Oc1ccc(C(C)(C)c2ccc(OP(Oc3ccc(CCCCCCCCCCCCCCCC)cc3)SCCCCCCCCCCCCCCCCC(=O)OCCCCCCCCCCCCCCCC)cc2)cc1. The van der Waals surface area contributed by atoms with E-state index >= 15 is 0 Å². The van der Waals surface area contributed by atoms with Gasteiger partial charge in [0.05, 0.1) is 13.2 Å². The average molecular weight is 1980 g/mol. The zero-order valence-electron chi connectivity index (χ0n) is 90.8. The molecule has 0 radical (unpaired) electrons. The van der Waals surface area contributed by atoms with Gasteiger partial charge in [-0.2, -0.15) is 0 Å². The van der Waals surface area contributed by atoms with Crippen LogP contribution in [0.2, 0.25) is 0 Å². The van der Waals surface area contributed by atoms with Crippen LogP contribution in [0.4, 0.5) is 0 Å². The second kappa shape index (κ2) is 96.1. The Bertz CT molecular complexity index is 2980. The third kappa shape index (κ3) is 77.7. The van der Waals surface area contributed by atoms with Gasteiger partial charge in [0.1, 0.15) is 23.0 Å². The quantitative estimate of drug-likeness (QED) is 0.0242. The Morgan fingerprint density at radius 2 is 0.380 bits per heavy atom. The summed E-state index contributed by atoms with van der Waals surface area (Å²) in [6.45, 7) is 15.1. The zero-order chi connectivity index (χ0) is 97.5. The fourth-order valence-electron chi connectivity index (χ4n) is 19.4. The van der Waals surface area contributed by atoms with Gasteiger partial charge in [0.2, 0.25) is 0 Å². The number of benzene rings is 4. The van der Waals surface area contributed by atoms with E-state index in [-0.39, 0.29) is 17.4 Å². The van der Waals surface area contributed by atoms with E-state index in [1.165, 1.54) is 523 Å². The summed E-state index contributed by atoms with van der Waals surface area (Å²) in [4.78, 5) is 24.7. The minimum atomic E-state index is -1.28. The molecule has 0 amide bonds. The topological polar surface area (TPSA) is 89.5 Å². The molecular formula is C125H218O8P2S2. The highest BCUT2D eigenvalue weighted by Gasteiger charge is 2.26. The highest BCUT2D eigenvalue weighted by Crippen LogP contribution is 2.54. The Hall–Kier alpha value is -3.42. The molecule has 2 unspecified atom stereocenters. The minimum absolute atomic E-state index is 0.0114. The molecule has 8 nitrogen and oxygen atoms in total. The molecule has 12 heteroatoms. The summed E-state index contributed by atoms with van der Waals surface area (Å²) in [5.74, 6) is 5.55. The van der Waals surface area contributed by atoms with Gasteiger partial charge in [0.15, 0.2) is 0 Å². The first-order chi connectivity index (χ1) is 67.6. The van der Waals surface area contributed by atoms with E-state index in [9.17, 15) is 9.59 Å². The van der Waals surface area contributed by atoms with Crippen LogP contribution in [0.25, 0.3) is 0 Å². The first kappa shape index (κ1) is 126. The molecule has 4 aromatic rings. The normalized spacial score (nSPS) is 12.1. The van der Waals surface area contributed by atoms with Crippen molar-refractivity contribution in [2.24, 2.45) is 0 Å². The molecule has 0 saturated heterocycles. The second-order valence-corrected chi connectivity index (χ2v) is 48.5. The number of aryl methyl sites for hydroxylation is 2. The van der Waals surface area contributed by atoms with Crippen molar-refractivity contribution >= 4 is 49.9 Å². The second-order valence-electron chi connectivity index (χ2n) is 42.2. The molecule has 2 atom stereocenters. The highest BCUT2D eigenvalue weighted by atomic mass is 32.7. The number of carbonyl (C=O) groups is 2. The Morgan fingerprint density at radius 1 is 0.212 bits per heavy atom. The predicted molar refractivity (Wildman–Crippen MR) is 608 cm³/mol. The maximum atomic E-state index is 12.3. The van der Waals surface area contributed by atoms with Gasteiger partial charge in [-0.25, -0.2) is 0 Å². The first-order valence-corrected chi connectivity index (χ1v) is 65.4. The zero-order valence-corrected chi connectivity index (χ0v) is 94.2. The van der Waals surface area contributed by atoms with Crippen LogP contribution in [0, 0.1) is 0 Å². The maximum Gasteiger partial charge on any atom is 0.360 e. The number of unbranched alkanes of at least 4 members (excludes halogenated alkanes) is 78. The summed E-state index contributed by atoms with van der Waals surface area (Å²) in [5, 5.41) is 0. The summed E-state index contributed by atoms with van der Waals surface area (Å²) < 4.78 is 38.5. The molecule has 137 heavy (non-hydrogen) atoms. The van der Waals surface area contributed by atoms with Gasteiger partial charge in [-0.05, 0) is 158 Å². The van der Waals surface area contributed by atoms with Crippen molar-refractivity contribution < 1.29 is 37.2 Å². The lowest BCUT2D eigenvalue weighted by molar-refractivity contribution is -0.144. The minimum Gasteiger partial charge on any atom is -0.466 e. The summed E-state index contributed by atoms with van der Waals surface area (Å²) in [5.41, 5.74) is 5.01. The van der Waals surface area contributed by atoms with Gasteiger partial charge in [-0.1, -0.05) is 578 Å². The molecule has 788 valence electrons. The molecule has 0 aromatic heterocycles. The van der Waals surface area contributed by atoms with Gasteiger partial charge in [-0.15, -0.1) is 0 Å². The van der Waals surface area contributed by atoms with Crippen LogP contribution in [0.15, 0.2) is 97.1 Å². The molecule has 0 bridgehead atoms. The number of esters is 2. The van der Waals surface area contributed by atoms with Gasteiger partial charge in [0.25, 0.3) is 0 Å². The molecule has 0 fully saturated rings. The molecule has 4 aromatic carbocycles.